The Kier molecular flexibility index (Phi) is 49.3. The molecule has 11 heteroatoms. The van der Waals surface area contributed by atoms with E-state index < -0.39 is 30.0 Å². The van der Waals surface area contributed by atoms with Gasteiger partial charge in [0, 0.05) is 66.5 Å². The molecular formula is C62H126N4O7. The van der Waals surface area contributed by atoms with Crippen LogP contribution < -0.4 is 0 Å². The van der Waals surface area contributed by atoms with Crippen molar-refractivity contribution in [3.8, 4) is 0 Å². The van der Waals surface area contributed by atoms with Crippen molar-refractivity contribution < 1.29 is 35.1 Å². The molecule has 4 unspecified atom stereocenters. The van der Waals surface area contributed by atoms with Crippen molar-refractivity contribution in [2.75, 3.05) is 66.5 Å². The van der Waals surface area contributed by atoms with Crippen molar-refractivity contribution in [1.29, 1.82) is 0 Å². The number of amides is 2. The SMILES string of the molecule is CCCCCCCCCCC(O)CN(CCCN(C)C(=O)CC(C)(O)CC(=O)N(C)CCCN(CC(O)CCCCCCCCCC)CC(O)CCCCCCCCCC)CC(O)CCCCCCCCCC. The molecule has 0 radical (unpaired) electrons. The third-order valence-electron chi connectivity index (χ3n) is 15.3. The van der Waals surface area contributed by atoms with Gasteiger partial charge in [0.15, 0.2) is 0 Å². The molecule has 0 aromatic rings. The van der Waals surface area contributed by atoms with Crippen molar-refractivity contribution in [3.63, 3.8) is 0 Å². The van der Waals surface area contributed by atoms with Crippen LogP contribution in [0, 0.1) is 0 Å². The molecule has 73 heavy (non-hydrogen) atoms. The van der Waals surface area contributed by atoms with Crippen LogP contribution in [0.15, 0.2) is 0 Å². The summed E-state index contributed by atoms with van der Waals surface area (Å²) in [4.78, 5) is 34.5. The van der Waals surface area contributed by atoms with Crippen LogP contribution in [-0.4, -0.2) is 153 Å². The summed E-state index contributed by atoms with van der Waals surface area (Å²) in [6.07, 6.45) is 41.4. The van der Waals surface area contributed by atoms with Gasteiger partial charge < -0.3 is 35.3 Å². The fourth-order valence-electron chi connectivity index (χ4n) is 10.4. The molecule has 0 aromatic heterocycles. The molecule has 0 heterocycles. The minimum atomic E-state index is -1.51. The molecule has 11 nitrogen and oxygen atoms in total. The molecule has 0 aromatic carbocycles. The third-order valence-corrected chi connectivity index (χ3v) is 15.3. The molecule has 0 saturated heterocycles. The molecule has 0 rings (SSSR count). The third kappa shape index (κ3) is 46.5. The molecule has 0 bridgehead atoms. The van der Waals surface area contributed by atoms with Crippen molar-refractivity contribution in [2.45, 2.75) is 321 Å². The Morgan fingerprint density at radius 3 is 0.767 bits per heavy atom. The van der Waals surface area contributed by atoms with E-state index >= 15 is 0 Å². The number of aliphatic hydroxyl groups excluding tert-OH is 4. The molecular weight excluding hydrogens is 913 g/mol. The van der Waals surface area contributed by atoms with Crippen LogP contribution in [0.2, 0.25) is 0 Å². The topological polar surface area (TPSA) is 148 Å². The van der Waals surface area contributed by atoms with Gasteiger partial charge in [0.1, 0.15) is 0 Å². The van der Waals surface area contributed by atoms with E-state index in [0.717, 1.165) is 77.0 Å². The second-order valence-electron chi connectivity index (χ2n) is 23.4. The largest absolute Gasteiger partial charge is 0.392 e. The van der Waals surface area contributed by atoms with Crippen LogP contribution in [0.5, 0.6) is 0 Å². The van der Waals surface area contributed by atoms with E-state index in [4.69, 9.17) is 0 Å². The molecule has 0 fully saturated rings. The second-order valence-corrected chi connectivity index (χ2v) is 23.4. The van der Waals surface area contributed by atoms with Crippen LogP contribution in [0.3, 0.4) is 0 Å². The summed E-state index contributed by atoms with van der Waals surface area (Å²) >= 11 is 0. The van der Waals surface area contributed by atoms with Gasteiger partial charge in [-0.25, -0.2) is 0 Å². The lowest BCUT2D eigenvalue weighted by atomic mass is 9.96. The number of hydrogen-bond acceptors (Lipinski definition) is 9. The Hall–Kier alpha value is -1.34. The molecule has 5 N–H and O–H groups in total. The van der Waals surface area contributed by atoms with Crippen LogP contribution in [0.4, 0.5) is 0 Å². The van der Waals surface area contributed by atoms with Gasteiger partial charge in [0.25, 0.3) is 0 Å². The number of aliphatic hydroxyl groups is 5. The zero-order chi connectivity index (χ0) is 54.2. The normalized spacial score (nSPS) is 14.4. The van der Waals surface area contributed by atoms with E-state index in [2.05, 4.69) is 37.5 Å². The summed E-state index contributed by atoms with van der Waals surface area (Å²) < 4.78 is 0. The molecule has 0 aliphatic rings. The summed E-state index contributed by atoms with van der Waals surface area (Å²) in [5.74, 6) is -0.439. The highest BCUT2D eigenvalue weighted by molar-refractivity contribution is 5.80. The van der Waals surface area contributed by atoms with Crippen LogP contribution in [-0.2, 0) is 9.59 Å². The van der Waals surface area contributed by atoms with Gasteiger partial charge in [-0.2, -0.15) is 0 Å². The average molecular weight is 1040 g/mol. The van der Waals surface area contributed by atoms with E-state index in [-0.39, 0.29) is 24.7 Å². The zero-order valence-electron chi connectivity index (χ0n) is 49.6. The van der Waals surface area contributed by atoms with Gasteiger partial charge >= 0.3 is 0 Å². The number of nitrogens with zero attached hydrogens (tertiary/aromatic N) is 4. The van der Waals surface area contributed by atoms with Gasteiger partial charge in [-0.3, -0.25) is 19.4 Å². The summed E-state index contributed by atoms with van der Waals surface area (Å²) in [6, 6.07) is 0. The Bertz CT molecular complexity index is 1070. The van der Waals surface area contributed by atoms with Gasteiger partial charge in [-0.15, -0.1) is 0 Å². The molecule has 4 atom stereocenters. The molecule has 2 amide bonds. The standard InChI is InChI=1S/C62H126N4O7/c1-8-12-16-20-24-28-32-36-42-56(67)52-65(53-57(68)43-37-33-29-25-21-17-13-9-2)48-40-46-63(6)60(71)50-62(5,73)51-61(72)64(7)47-41-49-66(54-58(69)44-38-34-30-26-22-18-14-10-3)55-59(70)45-39-35-31-27-23-19-15-11-4/h56-59,67-70,73H,8-55H2,1-7H3. The zero-order valence-corrected chi connectivity index (χ0v) is 49.6. The minimum Gasteiger partial charge on any atom is -0.392 e. The fourth-order valence-corrected chi connectivity index (χ4v) is 10.4. The van der Waals surface area contributed by atoms with Crippen LogP contribution in [0.25, 0.3) is 0 Å². The van der Waals surface area contributed by atoms with Crippen molar-refractivity contribution in [3.05, 3.63) is 0 Å². The average Bonchev–Trinajstić information content (AvgIpc) is 3.34. The van der Waals surface area contributed by atoms with Crippen LogP contribution in [0.1, 0.15) is 291 Å². The number of unbranched alkanes of at least 4 members (excludes halogenated alkanes) is 28. The summed E-state index contributed by atoms with van der Waals surface area (Å²) in [7, 11) is 3.49. The Labute approximate surface area is 452 Å². The predicted molar refractivity (Wildman–Crippen MR) is 310 cm³/mol. The van der Waals surface area contributed by atoms with E-state index in [1.165, 1.54) is 154 Å². The van der Waals surface area contributed by atoms with Gasteiger partial charge in [0.05, 0.1) is 42.9 Å². The number of carbonyl (C=O) groups is 2. The number of carbonyl (C=O) groups excluding carboxylic acids is 2. The number of rotatable bonds is 56. The highest BCUT2D eigenvalue weighted by Gasteiger charge is 2.30. The maximum absolute atomic E-state index is 13.4. The van der Waals surface area contributed by atoms with E-state index in [9.17, 15) is 35.1 Å². The summed E-state index contributed by atoms with van der Waals surface area (Å²) in [5, 5.41) is 55.6. The second kappa shape index (κ2) is 50.2. The number of hydrogen-bond donors (Lipinski definition) is 5. The van der Waals surface area contributed by atoms with E-state index in [0.29, 0.717) is 65.2 Å². The first-order chi connectivity index (χ1) is 35.2. The predicted octanol–water partition coefficient (Wildman–Crippen LogP) is 13.4. The lowest BCUT2D eigenvalue weighted by Gasteiger charge is -2.30. The first-order valence-corrected chi connectivity index (χ1v) is 31.5. The first kappa shape index (κ1) is 71.7. The molecule has 436 valence electrons. The molecule has 0 spiro atoms. The minimum absolute atomic E-state index is 0.164. The lowest BCUT2D eigenvalue weighted by molar-refractivity contribution is -0.140. The van der Waals surface area contributed by atoms with Crippen molar-refractivity contribution in [1.82, 2.24) is 19.6 Å². The van der Waals surface area contributed by atoms with Gasteiger partial charge in [-0.05, 0) is 45.4 Å². The van der Waals surface area contributed by atoms with Gasteiger partial charge in [0.2, 0.25) is 11.8 Å². The summed E-state index contributed by atoms with van der Waals surface area (Å²) in [5.41, 5.74) is -1.51. The maximum Gasteiger partial charge on any atom is 0.225 e. The van der Waals surface area contributed by atoms with Crippen molar-refractivity contribution >= 4 is 11.8 Å². The smallest absolute Gasteiger partial charge is 0.225 e. The summed E-state index contributed by atoms with van der Waals surface area (Å²) in [6.45, 7) is 14.8. The van der Waals surface area contributed by atoms with Crippen molar-refractivity contribution in [2.24, 2.45) is 0 Å². The van der Waals surface area contributed by atoms with E-state index in [1.54, 1.807) is 30.8 Å². The Morgan fingerprint density at radius 2 is 0.548 bits per heavy atom. The molecule has 0 saturated carbocycles. The Balaban J connectivity index is 5.16. The maximum atomic E-state index is 13.4. The highest BCUT2D eigenvalue weighted by atomic mass is 16.3. The fraction of sp³-hybridized carbons (Fsp3) is 0.968. The Morgan fingerprint density at radius 1 is 0.342 bits per heavy atom. The lowest BCUT2D eigenvalue weighted by Crippen LogP contribution is -2.42. The van der Waals surface area contributed by atoms with Gasteiger partial charge in [-0.1, -0.05) is 233 Å². The quantitative estimate of drug-likeness (QED) is 0.0376. The molecule has 0 aliphatic heterocycles. The highest BCUT2D eigenvalue weighted by Crippen LogP contribution is 2.20. The monoisotopic (exact) mass is 1040 g/mol. The first-order valence-electron chi connectivity index (χ1n) is 31.5. The molecule has 0 aliphatic carbocycles. The van der Waals surface area contributed by atoms with Crippen LogP contribution >= 0.6 is 0 Å². The van der Waals surface area contributed by atoms with E-state index in [1.807, 2.05) is 0 Å².